The Balaban J connectivity index is 1.58. The average Bonchev–Trinajstić information content (AvgIpc) is 2.64. The molecule has 0 N–H and O–H groups in total. The molecule has 0 atom stereocenters. The minimum Gasteiger partial charge on any atom is -0.497 e. The molecule has 0 saturated carbocycles. The van der Waals surface area contributed by atoms with Gasteiger partial charge in [-0.15, -0.1) is 0 Å². The Morgan fingerprint density at radius 1 is 1.04 bits per heavy atom. The summed E-state index contributed by atoms with van der Waals surface area (Å²) in [5.41, 5.74) is 1.81. The molecule has 1 aliphatic heterocycles. The Bertz CT molecular complexity index is 849. The topological polar surface area (TPSA) is 49.9 Å². The predicted octanol–water partition coefficient (Wildman–Crippen LogP) is 3.00. The monoisotopic (exact) mass is 394 g/mol. The maximum Gasteiger partial charge on any atom is 0.218 e. The van der Waals surface area contributed by atoms with E-state index in [1.54, 1.807) is 29.6 Å². The highest BCUT2D eigenvalue weighted by Gasteiger charge is 2.27. The molecule has 0 unspecified atom stereocenters. The van der Waals surface area contributed by atoms with Crippen molar-refractivity contribution in [2.45, 2.75) is 12.3 Å². The van der Waals surface area contributed by atoms with Gasteiger partial charge in [0.1, 0.15) is 5.75 Å². The van der Waals surface area contributed by atoms with Crippen molar-refractivity contribution in [2.24, 2.45) is 0 Å². The Morgan fingerprint density at radius 3 is 2.46 bits per heavy atom. The molecule has 1 heterocycles. The lowest BCUT2D eigenvalue weighted by Crippen LogP contribution is -2.48. The highest BCUT2D eigenvalue weighted by atomic mass is 35.5. The van der Waals surface area contributed by atoms with Gasteiger partial charge in [-0.25, -0.2) is 8.42 Å². The third-order valence-electron chi connectivity index (χ3n) is 4.56. The van der Waals surface area contributed by atoms with Crippen molar-refractivity contribution in [3.8, 4) is 5.75 Å². The van der Waals surface area contributed by atoms with Crippen LogP contribution in [-0.2, 0) is 22.3 Å². The number of rotatable bonds is 6. The number of piperazine rings is 1. The van der Waals surface area contributed by atoms with Crippen LogP contribution in [0.4, 0.5) is 0 Å². The molecule has 5 nitrogen and oxygen atoms in total. The second-order valence-corrected chi connectivity index (χ2v) is 8.75. The Morgan fingerprint density at radius 2 is 1.77 bits per heavy atom. The van der Waals surface area contributed by atoms with Gasteiger partial charge in [0.15, 0.2) is 0 Å². The Kier molecular flexibility index (Phi) is 6.19. The molecule has 2 aromatic rings. The molecule has 1 aliphatic rings. The van der Waals surface area contributed by atoms with Gasteiger partial charge in [0, 0.05) is 37.7 Å². The zero-order valence-corrected chi connectivity index (χ0v) is 16.3. The molecule has 1 saturated heterocycles. The van der Waals surface area contributed by atoms with Crippen LogP contribution in [0.5, 0.6) is 5.75 Å². The minimum absolute atomic E-state index is 0.0530. The molecule has 7 heteroatoms. The Labute approximate surface area is 160 Å². The third-order valence-corrected chi connectivity index (χ3v) is 6.76. The van der Waals surface area contributed by atoms with E-state index in [1.807, 2.05) is 24.3 Å². The van der Waals surface area contributed by atoms with Crippen molar-refractivity contribution in [3.63, 3.8) is 0 Å². The SMILES string of the molecule is COc1cccc(CN2CCN(S(=O)(=O)Cc3ccccc3Cl)CC2)c1. The number of methoxy groups -OCH3 is 1. The van der Waals surface area contributed by atoms with Gasteiger partial charge in [-0.1, -0.05) is 41.9 Å². The van der Waals surface area contributed by atoms with Gasteiger partial charge in [-0.3, -0.25) is 4.90 Å². The van der Waals surface area contributed by atoms with E-state index < -0.39 is 10.0 Å². The van der Waals surface area contributed by atoms with Crippen LogP contribution in [0.1, 0.15) is 11.1 Å². The summed E-state index contributed by atoms with van der Waals surface area (Å²) in [4.78, 5) is 2.26. The van der Waals surface area contributed by atoms with Gasteiger partial charge in [0.2, 0.25) is 10.0 Å². The van der Waals surface area contributed by atoms with Crippen molar-refractivity contribution >= 4 is 21.6 Å². The van der Waals surface area contributed by atoms with Gasteiger partial charge < -0.3 is 4.74 Å². The van der Waals surface area contributed by atoms with Crippen LogP contribution in [-0.4, -0.2) is 50.9 Å². The molecule has 2 aromatic carbocycles. The molecule has 3 rings (SSSR count). The molecule has 0 aliphatic carbocycles. The fourth-order valence-electron chi connectivity index (χ4n) is 3.10. The van der Waals surface area contributed by atoms with E-state index in [-0.39, 0.29) is 5.75 Å². The summed E-state index contributed by atoms with van der Waals surface area (Å²) in [7, 11) is -1.71. The first-order valence-corrected chi connectivity index (χ1v) is 10.5. The molecular weight excluding hydrogens is 372 g/mol. The summed E-state index contributed by atoms with van der Waals surface area (Å²) in [5, 5.41) is 0.493. The molecule has 26 heavy (non-hydrogen) atoms. The van der Waals surface area contributed by atoms with Gasteiger partial charge in [0.25, 0.3) is 0 Å². The van der Waals surface area contributed by atoms with Gasteiger partial charge >= 0.3 is 0 Å². The lowest BCUT2D eigenvalue weighted by atomic mass is 10.2. The lowest BCUT2D eigenvalue weighted by Gasteiger charge is -2.34. The summed E-state index contributed by atoms with van der Waals surface area (Å²) < 4.78 is 32.2. The van der Waals surface area contributed by atoms with Crippen LogP contribution < -0.4 is 4.74 Å². The first-order chi connectivity index (χ1) is 12.5. The summed E-state index contributed by atoms with van der Waals surface area (Å²) in [6, 6.07) is 15.1. The zero-order valence-electron chi connectivity index (χ0n) is 14.8. The predicted molar refractivity (Wildman–Crippen MR) is 104 cm³/mol. The quantitative estimate of drug-likeness (QED) is 0.755. The van der Waals surface area contributed by atoms with E-state index in [4.69, 9.17) is 16.3 Å². The van der Waals surface area contributed by atoms with Crippen molar-refractivity contribution in [2.75, 3.05) is 33.3 Å². The van der Waals surface area contributed by atoms with E-state index in [0.717, 1.165) is 17.9 Å². The second kappa shape index (κ2) is 8.39. The number of ether oxygens (including phenoxy) is 1. The third kappa shape index (κ3) is 4.76. The number of benzene rings is 2. The number of hydrogen-bond donors (Lipinski definition) is 0. The van der Waals surface area contributed by atoms with Crippen LogP contribution in [0, 0.1) is 0 Å². The molecule has 0 aromatic heterocycles. The molecule has 0 radical (unpaired) electrons. The van der Waals surface area contributed by atoms with Crippen LogP contribution >= 0.6 is 11.6 Å². The highest BCUT2D eigenvalue weighted by Crippen LogP contribution is 2.21. The molecule has 0 bridgehead atoms. The fourth-order valence-corrected chi connectivity index (χ4v) is 4.93. The lowest BCUT2D eigenvalue weighted by molar-refractivity contribution is 0.181. The van der Waals surface area contributed by atoms with Gasteiger partial charge in [-0.05, 0) is 29.3 Å². The van der Waals surface area contributed by atoms with Gasteiger partial charge in [-0.2, -0.15) is 4.31 Å². The summed E-state index contributed by atoms with van der Waals surface area (Å²) in [6.45, 7) is 3.20. The van der Waals surface area contributed by atoms with Crippen molar-refractivity contribution in [3.05, 3.63) is 64.7 Å². The summed E-state index contributed by atoms with van der Waals surface area (Å²) in [6.07, 6.45) is 0. The zero-order chi connectivity index (χ0) is 18.6. The maximum atomic E-state index is 12.7. The van der Waals surface area contributed by atoms with Gasteiger partial charge in [0.05, 0.1) is 12.9 Å². The van der Waals surface area contributed by atoms with Crippen molar-refractivity contribution < 1.29 is 13.2 Å². The van der Waals surface area contributed by atoms with E-state index in [2.05, 4.69) is 11.0 Å². The van der Waals surface area contributed by atoms with Crippen LogP contribution in [0.3, 0.4) is 0 Å². The number of halogens is 1. The number of nitrogens with zero attached hydrogens (tertiary/aromatic N) is 2. The van der Waals surface area contributed by atoms with E-state index in [9.17, 15) is 8.42 Å². The minimum atomic E-state index is -3.36. The van der Waals surface area contributed by atoms with E-state index in [1.165, 1.54) is 0 Å². The summed E-state index contributed by atoms with van der Waals surface area (Å²) in [5.74, 6) is 0.784. The highest BCUT2D eigenvalue weighted by molar-refractivity contribution is 7.88. The molecule has 0 spiro atoms. The second-order valence-electron chi connectivity index (χ2n) is 6.37. The van der Waals surface area contributed by atoms with Crippen LogP contribution in [0.15, 0.2) is 48.5 Å². The number of hydrogen-bond acceptors (Lipinski definition) is 4. The van der Waals surface area contributed by atoms with Crippen molar-refractivity contribution in [1.29, 1.82) is 0 Å². The Hall–Kier alpha value is -1.60. The molecule has 140 valence electrons. The standard InChI is InChI=1S/C19H23ClN2O3S/c1-25-18-7-4-5-16(13-18)14-21-9-11-22(12-10-21)26(23,24)15-17-6-2-3-8-19(17)20/h2-8,13H,9-12,14-15H2,1H3. The normalized spacial score (nSPS) is 16.5. The van der Waals surface area contributed by atoms with E-state index in [0.29, 0.717) is 36.8 Å². The number of sulfonamides is 1. The first-order valence-electron chi connectivity index (χ1n) is 8.54. The molecule has 0 amide bonds. The van der Waals surface area contributed by atoms with Crippen molar-refractivity contribution in [1.82, 2.24) is 9.21 Å². The molecular formula is C19H23ClN2O3S. The van der Waals surface area contributed by atoms with E-state index >= 15 is 0 Å². The fraction of sp³-hybridized carbons (Fsp3) is 0.368. The van der Waals surface area contributed by atoms with Crippen LogP contribution in [0.2, 0.25) is 5.02 Å². The van der Waals surface area contributed by atoms with Crippen LogP contribution in [0.25, 0.3) is 0 Å². The largest absolute Gasteiger partial charge is 0.497 e. The maximum absolute atomic E-state index is 12.7. The average molecular weight is 395 g/mol. The molecule has 1 fully saturated rings. The summed E-state index contributed by atoms with van der Waals surface area (Å²) >= 11 is 6.11. The first kappa shape index (κ1) is 19.2. The smallest absolute Gasteiger partial charge is 0.218 e.